The molecule has 0 saturated carbocycles. The first-order valence-corrected chi connectivity index (χ1v) is 6.22. The summed E-state index contributed by atoms with van der Waals surface area (Å²) in [5, 5.41) is 19.4. The summed E-state index contributed by atoms with van der Waals surface area (Å²) in [4.78, 5) is 13.3. The molecule has 1 aromatic rings. The Hall–Kier alpha value is -1.10. The van der Waals surface area contributed by atoms with Gasteiger partial charge in [0.25, 0.3) is 0 Å². The molecule has 0 aliphatic carbocycles. The van der Waals surface area contributed by atoms with Crippen molar-refractivity contribution in [3.8, 4) is 5.75 Å². The zero-order valence-corrected chi connectivity index (χ0v) is 11.4. The number of rotatable bonds is 6. The van der Waals surface area contributed by atoms with Crippen molar-refractivity contribution in [3.05, 3.63) is 28.3 Å². The van der Waals surface area contributed by atoms with Gasteiger partial charge < -0.3 is 10.2 Å². The zero-order valence-electron chi connectivity index (χ0n) is 10.6. The molecule has 0 unspecified atom stereocenters. The Morgan fingerprint density at radius 3 is 2.61 bits per heavy atom. The maximum atomic E-state index is 11.4. The van der Waals surface area contributed by atoms with Crippen LogP contribution in [-0.2, 0) is 6.54 Å². The van der Waals surface area contributed by atoms with Crippen LogP contribution in [0.2, 0.25) is 5.02 Å². The van der Waals surface area contributed by atoms with E-state index in [1.807, 2.05) is 11.8 Å². The highest BCUT2D eigenvalue weighted by Gasteiger charge is 2.14. The molecule has 0 heterocycles. The number of phenolic OH excluding ortho intramolecular Hbond substituents is 1. The summed E-state index contributed by atoms with van der Waals surface area (Å²) >= 11 is 5.94. The molecule has 0 radical (unpaired) electrons. The van der Waals surface area contributed by atoms with Gasteiger partial charge in [-0.3, -0.25) is 9.69 Å². The SMILES string of the molecule is CCN(CCO)Cc1cc(Cl)cc(C(C)=O)c1O. The molecule has 1 aromatic carbocycles. The predicted octanol–water partition coefficient (Wildman–Crippen LogP) is 2.06. The normalized spacial score (nSPS) is 10.9. The molecule has 0 bridgehead atoms. The number of likely N-dealkylation sites (N-methyl/N-ethyl adjacent to an activating group) is 1. The van der Waals surface area contributed by atoms with Crippen molar-refractivity contribution in [2.75, 3.05) is 19.7 Å². The zero-order chi connectivity index (χ0) is 13.7. The van der Waals surface area contributed by atoms with Gasteiger partial charge in [0.05, 0.1) is 12.2 Å². The van der Waals surface area contributed by atoms with Crippen molar-refractivity contribution >= 4 is 17.4 Å². The summed E-state index contributed by atoms with van der Waals surface area (Å²) < 4.78 is 0. The predicted molar refractivity (Wildman–Crippen MR) is 71.2 cm³/mol. The standard InChI is InChI=1S/C13H18ClNO3/c1-3-15(4-5-16)8-10-6-11(14)7-12(9(2)17)13(10)18/h6-7,16,18H,3-5,8H2,1-2H3. The second-order valence-corrected chi connectivity index (χ2v) is 4.55. The molecule has 4 nitrogen and oxygen atoms in total. The van der Waals surface area contributed by atoms with Gasteiger partial charge in [-0.05, 0) is 25.6 Å². The molecule has 0 spiro atoms. The lowest BCUT2D eigenvalue weighted by Crippen LogP contribution is -2.26. The Morgan fingerprint density at radius 2 is 2.11 bits per heavy atom. The van der Waals surface area contributed by atoms with Crippen molar-refractivity contribution in [2.24, 2.45) is 0 Å². The lowest BCUT2D eigenvalue weighted by atomic mass is 10.1. The van der Waals surface area contributed by atoms with Gasteiger partial charge >= 0.3 is 0 Å². The molecular formula is C13H18ClNO3. The monoisotopic (exact) mass is 271 g/mol. The van der Waals surface area contributed by atoms with E-state index >= 15 is 0 Å². The second kappa shape index (κ2) is 6.73. The number of carbonyl (C=O) groups excluding carboxylic acids is 1. The molecule has 2 N–H and O–H groups in total. The van der Waals surface area contributed by atoms with Crippen LogP contribution in [0, 0.1) is 0 Å². The lowest BCUT2D eigenvalue weighted by Gasteiger charge is -2.20. The average Bonchev–Trinajstić information content (AvgIpc) is 2.32. The van der Waals surface area contributed by atoms with Gasteiger partial charge in [-0.2, -0.15) is 0 Å². The van der Waals surface area contributed by atoms with Crippen LogP contribution in [0.25, 0.3) is 0 Å². The minimum atomic E-state index is -0.221. The smallest absolute Gasteiger partial charge is 0.163 e. The number of phenols is 1. The summed E-state index contributed by atoms with van der Waals surface area (Å²) in [6.07, 6.45) is 0. The Bertz CT molecular complexity index is 434. The van der Waals surface area contributed by atoms with Crippen molar-refractivity contribution in [1.82, 2.24) is 4.90 Å². The number of aliphatic hydroxyl groups excluding tert-OH is 1. The number of hydrogen-bond acceptors (Lipinski definition) is 4. The number of Topliss-reactive ketones (excluding diaryl/α,β-unsaturated/α-hetero) is 1. The minimum absolute atomic E-state index is 0.0247. The molecule has 0 fully saturated rings. The number of carbonyl (C=O) groups is 1. The highest BCUT2D eigenvalue weighted by Crippen LogP contribution is 2.28. The molecule has 0 atom stereocenters. The third kappa shape index (κ3) is 3.70. The van der Waals surface area contributed by atoms with Crippen molar-refractivity contribution in [2.45, 2.75) is 20.4 Å². The van der Waals surface area contributed by atoms with E-state index in [1.54, 1.807) is 6.07 Å². The number of ketones is 1. The molecule has 0 amide bonds. The Balaban J connectivity index is 3.04. The average molecular weight is 272 g/mol. The van der Waals surface area contributed by atoms with E-state index in [4.69, 9.17) is 16.7 Å². The highest BCUT2D eigenvalue weighted by atomic mass is 35.5. The van der Waals surface area contributed by atoms with Gasteiger partial charge in [0.15, 0.2) is 5.78 Å². The van der Waals surface area contributed by atoms with Crippen molar-refractivity contribution in [1.29, 1.82) is 0 Å². The quantitative estimate of drug-likeness (QED) is 0.778. The Labute approximate surface area is 112 Å². The first-order valence-electron chi connectivity index (χ1n) is 5.85. The molecule has 100 valence electrons. The number of hydrogen-bond donors (Lipinski definition) is 2. The van der Waals surface area contributed by atoms with Crippen LogP contribution >= 0.6 is 11.6 Å². The molecular weight excluding hydrogens is 254 g/mol. The summed E-state index contributed by atoms with van der Waals surface area (Å²) in [6.45, 7) is 5.10. The molecule has 0 saturated heterocycles. The fraction of sp³-hybridized carbons (Fsp3) is 0.462. The van der Waals surface area contributed by atoms with Gasteiger partial charge in [-0.25, -0.2) is 0 Å². The first-order chi connectivity index (χ1) is 8.49. The van der Waals surface area contributed by atoms with Gasteiger partial charge in [0, 0.05) is 23.7 Å². The summed E-state index contributed by atoms with van der Waals surface area (Å²) in [5.74, 6) is -0.246. The van der Waals surface area contributed by atoms with E-state index in [0.29, 0.717) is 23.7 Å². The fourth-order valence-corrected chi connectivity index (χ4v) is 2.02. The third-order valence-electron chi connectivity index (χ3n) is 2.79. The highest BCUT2D eigenvalue weighted by molar-refractivity contribution is 6.31. The van der Waals surface area contributed by atoms with E-state index in [1.165, 1.54) is 13.0 Å². The number of aromatic hydroxyl groups is 1. The topological polar surface area (TPSA) is 60.8 Å². The molecule has 5 heteroatoms. The first kappa shape index (κ1) is 15.0. The number of nitrogens with zero attached hydrogens (tertiary/aromatic N) is 1. The van der Waals surface area contributed by atoms with E-state index in [-0.39, 0.29) is 23.7 Å². The van der Waals surface area contributed by atoms with Crippen molar-refractivity contribution in [3.63, 3.8) is 0 Å². The fourth-order valence-electron chi connectivity index (χ4n) is 1.78. The number of halogens is 1. The van der Waals surface area contributed by atoms with Crippen LogP contribution in [0.5, 0.6) is 5.75 Å². The molecule has 0 aromatic heterocycles. The van der Waals surface area contributed by atoms with Crippen LogP contribution in [-0.4, -0.2) is 40.6 Å². The number of benzene rings is 1. The summed E-state index contributed by atoms with van der Waals surface area (Å²) in [5.41, 5.74) is 0.834. The van der Waals surface area contributed by atoms with Gasteiger partial charge in [0.2, 0.25) is 0 Å². The summed E-state index contributed by atoms with van der Waals surface area (Å²) in [7, 11) is 0. The lowest BCUT2D eigenvalue weighted by molar-refractivity contribution is 0.101. The van der Waals surface area contributed by atoms with Crippen LogP contribution in [0.3, 0.4) is 0 Å². The number of aliphatic hydroxyl groups is 1. The van der Waals surface area contributed by atoms with Crippen LogP contribution in [0.1, 0.15) is 29.8 Å². The van der Waals surface area contributed by atoms with E-state index < -0.39 is 0 Å². The van der Waals surface area contributed by atoms with Gasteiger partial charge in [-0.15, -0.1) is 0 Å². The third-order valence-corrected chi connectivity index (χ3v) is 3.01. The Kier molecular flexibility index (Phi) is 5.59. The summed E-state index contributed by atoms with van der Waals surface area (Å²) in [6, 6.07) is 3.11. The van der Waals surface area contributed by atoms with Crippen molar-refractivity contribution < 1.29 is 15.0 Å². The second-order valence-electron chi connectivity index (χ2n) is 4.11. The van der Waals surface area contributed by atoms with Crippen LogP contribution < -0.4 is 0 Å². The molecule has 1 rings (SSSR count). The van der Waals surface area contributed by atoms with E-state index in [9.17, 15) is 9.90 Å². The van der Waals surface area contributed by atoms with Crippen LogP contribution in [0.4, 0.5) is 0 Å². The Morgan fingerprint density at radius 1 is 1.44 bits per heavy atom. The molecule has 0 aliphatic heterocycles. The molecule has 18 heavy (non-hydrogen) atoms. The molecule has 0 aliphatic rings. The largest absolute Gasteiger partial charge is 0.507 e. The maximum absolute atomic E-state index is 11.4. The van der Waals surface area contributed by atoms with E-state index in [0.717, 1.165) is 6.54 Å². The minimum Gasteiger partial charge on any atom is -0.507 e. The maximum Gasteiger partial charge on any atom is 0.163 e. The van der Waals surface area contributed by atoms with E-state index in [2.05, 4.69) is 0 Å². The van der Waals surface area contributed by atoms with Crippen LogP contribution in [0.15, 0.2) is 12.1 Å². The van der Waals surface area contributed by atoms with Gasteiger partial charge in [-0.1, -0.05) is 18.5 Å². The van der Waals surface area contributed by atoms with Gasteiger partial charge in [0.1, 0.15) is 5.75 Å².